The molecule has 2 aromatic heterocycles. The number of nitrogens with one attached hydrogen (secondary N) is 1. The number of carbonyl (C=O) groups excluding carboxylic acids is 1. The lowest BCUT2D eigenvalue weighted by Crippen LogP contribution is -2.25. The van der Waals surface area contributed by atoms with E-state index in [2.05, 4.69) is 11.9 Å². The SMILES string of the molecule is C=C(C)Cn1c(SCC(=O)Nc2ccccc2F)nc2sc3c(c2c1=O)CCCC3. The number of hydrogen-bond donors (Lipinski definition) is 1. The van der Waals surface area contributed by atoms with Gasteiger partial charge in [0.25, 0.3) is 5.56 Å². The van der Waals surface area contributed by atoms with Crippen LogP contribution < -0.4 is 10.9 Å². The number of amides is 1. The van der Waals surface area contributed by atoms with Crippen LogP contribution in [0.3, 0.4) is 0 Å². The number of nitrogens with zero attached hydrogens (tertiary/aromatic N) is 2. The number of anilines is 1. The lowest BCUT2D eigenvalue weighted by molar-refractivity contribution is -0.113. The summed E-state index contributed by atoms with van der Waals surface area (Å²) in [5, 5.41) is 3.77. The zero-order chi connectivity index (χ0) is 21.3. The van der Waals surface area contributed by atoms with Gasteiger partial charge in [0.05, 0.1) is 16.8 Å². The Kier molecular flexibility index (Phi) is 6.06. The molecule has 30 heavy (non-hydrogen) atoms. The lowest BCUT2D eigenvalue weighted by Gasteiger charge is -2.13. The zero-order valence-electron chi connectivity index (χ0n) is 16.7. The molecule has 0 fully saturated rings. The van der Waals surface area contributed by atoms with E-state index in [1.165, 1.54) is 28.8 Å². The second-order valence-electron chi connectivity index (χ2n) is 7.45. The highest BCUT2D eigenvalue weighted by Gasteiger charge is 2.22. The van der Waals surface area contributed by atoms with Gasteiger partial charge in [-0.15, -0.1) is 11.3 Å². The van der Waals surface area contributed by atoms with Crippen LogP contribution >= 0.6 is 23.1 Å². The molecule has 1 N–H and O–H groups in total. The van der Waals surface area contributed by atoms with Crippen molar-refractivity contribution in [1.82, 2.24) is 9.55 Å². The number of rotatable bonds is 6. The minimum atomic E-state index is -0.487. The van der Waals surface area contributed by atoms with Crippen LogP contribution in [0, 0.1) is 5.82 Å². The molecule has 3 aromatic rings. The Hall–Kier alpha value is -2.45. The van der Waals surface area contributed by atoms with Crippen LogP contribution in [-0.4, -0.2) is 21.2 Å². The molecule has 1 aromatic carbocycles. The molecule has 156 valence electrons. The molecule has 1 amide bonds. The number of aryl methyl sites for hydroxylation is 2. The Morgan fingerprint density at radius 2 is 2.10 bits per heavy atom. The highest BCUT2D eigenvalue weighted by molar-refractivity contribution is 7.99. The van der Waals surface area contributed by atoms with Crippen molar-refractivity contribution < 1.29 is 9.18 Å². The van der Waals surface area contributed by atoms with E-state index >= 15 is 0 Å². The standard InChI is InChI=1S/C22H22FN3O2S2/c1-13(2)11-26-21(28)19-14-7-3-6-10-17(14)30-20(19)25-22(26)29-12-18(27)24-16-9-5-4-8-15(16)23/h4-5,8-9H,1,3,6-7,10-12H2,2H3,(H,24,27). The molecule has 0 saturated carbocycles. The average Bonchev–Trinajstić information content (AvgIpc) is 3.09. The van der Waals surface area contributed by atoms with Crippen molar-refractivity contribution in [2.45, 2.75) is 44.3 Å². The van der Waals surface area contributed by atoms with E-state index in [1.807, 2.05) is 6.92 Å². The Morgan fingerprint density at radius 3 is 2.87 bits per heavy atom. The molecule has 1 aliphatic carbocycles. The van der Waals surface area contributed by atoms with Gasteiger partial charge in [0.1, 0.15) is 10.6 Å². The van der Waals surface area contributed by atoms with Crippen molar-refractivity contribution in [1.29, 1.82) is 0 Å². The summed E-state index contributed by atoms with van der Waals surface area (Å²) in [6, 6.07) is 6.02. The summed E-state index contributed by atoms with van der Waals surface area (Å²) in [4.78, 5) is 32.4. The fourth-order valence-corrected chi connectivity index (χ4v) is 5.72. The quantitative estimate of drug-likeness (QED) is 0.338. The topological polar surface area (TPSA) is 64.0 Å². The van der Waals surface area contributed by atoms with Crippen molar-refractivity contribution in [3.63, 3.8) is 0 Å². The van der Waals surface area contributed by atoms with Gasteiger partial charge in [-0.05, 0) is 50.3 Å². The molecule has 0 aliphatic heterocycles. The molecular weight excluding hydrogens is 421 g/mol. The second-order valence-corrected chi connectivity index (χ2v) is 9.48. The predicted octanol–water partition coefficient (Wildman–Crippen LogP) is 4.78. The number of hydrogen-bond acceptors (Lipinski definition) is 5. The summed E-state index contributed by atoms with van der Waals surface area (Å²) in [6.45, 7) is 6.14. The lowest BCUT2D eigenvalue weighted by atomic mass is 9.97. The molecule has 2 heterocycles. The molecular formula is C22H22FN3O2S2. The van der Waals surface area contributed by atoms with E-state index in [4.69, 9.17) is 4.98 Å². The summed E-state index contributed by atoms with van der Waals surface area (Å²) in [6.07, 6.45) is 4.13. The molecule has 0 atom stereocenters. The van der Waals surface area contributed by atoms with Crippen LogP contribution in [0.2, 0.25) is 0 Å². The van der Waals surface area contributed by atoms with Crippen molar-refractivity contribution >= 4 is 44.9 Å². The second kappa shape index (κ2) is 8.73. The third-order valence-electron chi connectivity index (χ3n) is 4.95. The van der Waals surface area contributed by atoms with Crippen LogP contribution in [0.15, 0.2) is 46.4 Å². The van der Waals surface area contributed by atoms with Crippen molar-refractivity contribution in [3.05, 3.63) is 63.0 Å². The van der Waals surface area contributed by atoms with Crippen LogP contribution in [0.25, 0.3) is 10.2 Å². The van der Waals surface area contributed by atoms with Gasteiger partial charge in [-0.25, -0.2) is 9.37 Å². The van der Waals surface area contributed by atoms with Crippen molar-refractivity contribution in [2.24, 2.45) is 0 Å². The maximum absolute atomic E-state index is 13.8. The predicted molar refractivity (Wildman–Crippen MR) is 121 cm³/mol. The van der Waals surface area contributed by atoms with Gasteiger partial charge in [-0.1, -0.05) is 36.0 Å². The van der Waals surface area contributed by atoms with Gasteiger partial charge in [0.2, 0.25) is 5.91 Å². The van der Waals surface area contributed by atoms with Crippen molar-refractivity contribution in [2.75, 3.05) is 11.1 Å². The summed E-state index contributed by atoms with van der Waals surface area (Å²) >= 11 is 2.76. The summed E-state index contributed by atoms with van der Waals surface area (Å²) in [7, 11) is 0. The number of halogens is 1. The molecule has 0 radical (unpaired) electrons. The average molecular weight is 444 g/mol. The van der Waals surface area contributed by atoms with Gasteiger partial charge < -0.3 is 5.32 Å². The first-order valence-corrected chi connectivity index (χ1v) is 11.6. The molecule has 0 saturated heterocycles. The number of aromatic nitrogens is 2. The zero-order valence-corrected chi connectivity index (χ0v) is 18.3. The maximum Gasteiger partial charge on any atom is 0.263 e. The molecule has 8 heteroatoms. The molecule has 0 unspecified atom stereocenters. The van der Waals surface area contributed by atoms with Gasteiger partial charge in [-0.2, -0.15) is 0 Å². The first-order valence-electron chi connectivity index (χ1n) is 9.80. The van der Waals surface area contributed by atoms with E-state index < -0.39 is 5.82 Å². The third-order valence-corrected chi connectivity index (χ3v) is 7.11. The first-order chi connectivity index (χ1) is 14.4. The van der Waals surface area contributed by atoms with Crippen molar-refractivity contribution in [3.8, 4) is 0 Å². The van der Waals surface area contributed by atoms with Crippen LogP contribution in [0.1, 0.15) is 30.2 Å². The Morgan fingerprint density at radius 1 is 1.33 bits per heavy atom. The van der Waals surface area contributed by atoms with Crippen LogP contribution in [0.4, 0.5) is 10.1 Å². The molecule has 0 bridgehead atoms. The summed E-state index contributed by atoms with van der Waals surface area (Å²) in [5.41, 5.74) is 2.04. The Labute approximate surface area is 182 Å². The fourth-order valence-electron chi connectivity index (χ4n) is 3.62. The number of fused-ring (bicyclic) bond motifs is 3. The fraction of sp³-hybridized carbons (Fsp3) is 0.318. The van der Waals surface area contributed by atoms with E-state index in [9.17, 15) is 14.0 Å². The number of benzene rings is 1. The van der Waals surface area contributed by atoms with E-state index in [1.54, 1.807) is 28.0 Å². The first kappa shape index (κ1) is 20.8. The number of allylic oxidation sites excluding steroid dienone is 1. The van der Waals surface area contributed by atoms with E-state index in [-0.39, 0.29) is 22.9 Å². The number of carbonyl (C=O) groups is 1. The summed E-state index contributed by atoms with van der Waals surface area (Å²) < 4.78 is 15.4. The van der Waals surface area contributed by atoms with Gasteiger partial charge in [0.15, 0.2) is 5.16 Å². The third kappa shape index (κ3) is 4.20. The monoisotopic (exact) mass is 443 g/mol. The summed E-state index contributed by atoms with van der Waals surface area (Å²) in [5.74, 6) is -0.821. The number of thioether (sulfide) groups is 1. The van der Waals surface area contributed by atoms with Gasteiger partial charge in [0, 0.05) is 11.4 Å². The Bertz CT molecular complexity index is 1200. The van der Waals surface area contributed by atoms with E-state index in [0.717, 1.165) is 47.0 Å². The Balaban J connectivity index is 1.64. The van der Waals surface area contributed by atoms with E-state index in [0.29, 0.717) is 11.7 Å². The highest BCUT2D eigenvalue weighted by Crippen LogP contribution is 2.34. The molecule has 4 rings (SSSR count). The number of para-hydroxylation sites is 1. The maximum atomic E-state index is 13.8. The van der Waals surface area contributed by atoms with Gasteiger partial charge >= 0.3 is 0 Å². The van der Waals surface area contributed by atoms with Gasteiger partial charge in [-0.3, -0.25) is 14.2 Å². The highest BCUT2D eigenvalue weighted by atomic mass is 32.2. The molecule has 5 nitrogen and oxygen atoms in total. The minimum Gasteiger partial charge on any atom is -0.323 e. The molecule has 0 spiro atoms. The molecule has 1 aliphatic rings. The largest absolute Gasteiger partial charge is 0.323 e. The number of thiophene rings is 1. The van der Waals surface area contributed by atoms with Crippen LogP contribution in [-0.2, 0) is 24.2 Å². The minimum absolute atomic E-state index is 0.0214. The smallest absolute Gasteiger partial charge is 0.263 e. The normalized spacial score (nSPS) is 13.3. The van der Waals surface area contributed by atoms with Crippen LogP contribution in [0.5, 0.6) is 0 Å².